The Morgan fingerprint density at radius 2 is 2.00 bits per heavy atom. The van der Waals surface area contributed by atoms with Crippen LogP contribution < -0.4 is 10.7 Å². The zero-order chi connectivity index (χ0) is 18.8. The molecule has 1 N–H and O–H groups in total. The summed E-state index contributed by atoms with van der Waals surface area (Å²) < 4.78 is 10.9. The topological polar surface area (TPSA) is 68.5 Å². The Morgan fingerprint density at radius 1 is 1.19 bits per heavy atom. The number of rotatable bonds is 3. The van der Waals surface area contributed by atoms with E-state index in [1.54, 1.807) is 25.1 Å². The van der Waals surface area contributed by atoms with Crippen LogP contribution in [0, 0.1) is 0 Å². The molecule has 4 rings (SSSR count). The van der Waals surface area contributed by atoms with E-state index in [1.165, 1.54) is 0 Å². The number of allylic oxidation sites excluding steroid dienone is 1. The SMILES string of the molecule is CCOC(=O)Nc1ccc2oc3c(c(=O)c2c1)CCC3=Cc1ccccc1. The van der Waals surface area contributed by atoms with Gasteiger partial charge in [-0.1, -0.05) is 30.3 Å². The zero-order valence-electron chi connectivity index (χ0n) is 15.0. The van der Waals surface area contributed by atoms with Crippen molar-refractivity contribution >= 4 is 34.4 Å². The summed E-state index contributed by atoms with van der Waals surface area (Å²) in [6, 6.07) is 15.0. The Balaban J connectivity index is 1.75. The Morgan fingerprint density at radius 3 is 2.78 bits per heavy atom. The van der Waals surface area contributed by atoms with Gasteiger partial charge in [-0.2, -0.15) is 0 Å². The molecule has 0 unspecified atom stereocenters. The molecule has 1 heterocycles. The predicted molar refractivity (Wildman–Crippen MR) is 106 cm³/mol. The summed E-state index contributed by atoms with van der Waals surface area (Å²) in [4.78, 5) is 24.5. The van der Waals surface area contributed by atoms with Gasteiger partial charge in [-0.25, -0.2) is 4.79 Å². The number of ether oxygens (including phenoxy) is 1. The normalized spacial score (nSPS) is 14.3. The smallest absolute Gasteiger partial charge is 0.411 e. The molecule has 0 saturated carbocycles. The molecule has 0 radical (unpaired) electrons. The van der Waals surface area contributed by atoms with Crippen LogP contribution in [0.2, 0.25) is 0 Å². The van der Waals surface area contributed by atoms with Crippen molar-refractivity contribution in [1.29, 1.82) is 0 Å². The lowest BCUT2D eigenvalue weighted by Gasteiger charge is -2.08. The van der Waals surface area contributed by atoms with Gasteiger partial charge in [0.25, 0.3) is 0 Å². The lowest BCUT2D eigenvalue weighted by molar-refractivity contribution is 0.168. The van der Waals surface area contributed by atoms with E-state index in [1.807, 2.05) is 30.3 Å². The standard InChI is InChI=1S/C22H19NO4/c1-2-26-22(25)23-16-9-11-19-18(13-16)20(24)17-10-8-15(21(17)27-19)12-14-6-4-3-5-7-14/h3-7,9,11-13H,2,8,10H2,1H3,(H,23,25). The fraction of sp³-hybridized carbons (Fsp3) is 0.182. The number of hydrogen-bond acceptors (Lipinski definition) is 4. The molecule has 5 heteroatoms. The number of anilines is 1. The minimum Gasteiger partial charge on any atom is -0.456 e. The molecule has 27 heavy (non-hydrogen) atoms. The molecule has 1 amide bonds. The van der Waals surface area contributed by atoms with Crippen molar-refractivity contribution in [2.45, 2.75) is 19.8 Å². The summed E-state index contributed by atoms with van der Waals surface area (Å²) in [7, 11) is 0. The molecule has 0 bridgehead atoms. The van der Waals surface area contributed by atoms with Crippen molar-refractivity contribution in [3.63, 3.8) is 0 Å². The van der Waals surface area contributed by atoms with E-state index in [0.717, 1.165) is 17.6 Å². The average Bonchev–Trinajstić information content (AvgIpc) is 3.06. The number of fused-ring (bicyclic) bond motifs is 2. The Labute approximate surface area is 156 Å². The summed E-state index contributed by atoms with van der Waals surface area (Å²) in [5, 5.41) is 3.08. The molecular weight excluding hydrogens is 342 g/mol. The molecule has 1 aliphatic rings. The van der Waals surface area contributed by atoms with Gasteiger partial charge in [0.2, 0.25) is 0 Å². The number of nitrogens with one attached hydrogen (secondary N) is 1. The first-order valence-corrected chi connectivity index (χ1v) is 8.95. The highest BCUT2D eigenvalue weighted by molar-refractivity contribution is 5.91. The molecule has 5 nitrogen and oxygen atoms in total. The fourth-order valence-electron chi connectivity index (χ4n) is 3.34. The molecule has 0 saturated heterocycles. The van der Waals surface area contributed by atoms with Crippen molar-refractivity contribution in [2.24, 2.45) is 0 Å². The maximum Gasteiger partial charge on any atom is 0.411 e. The summed E-state index contributed by atoms with van der Waals surface area (Å²) in [6.07, 6.45) is 2.95. The largest absolute Gasteiger partial charge is 0.456 e. The van der Waals surface area contributed by atoms with Crippen LogP contribution in [-0.2, 0) is 11.2 Å². The number of benzene rings is 2. The zero-order valence-corrected chi connectivity index (χ0v) is 15.0. The van der Waals surface area contributed by atoms with Gasteiger partial charge in [0.05, 0.1) is 12.0 Å². The Hall–Kier alpha value is -3.34. The van der Waals surface area contributed by atoms with E-state index in [9.17, 15) is 9.59 Å². The highest BCUT2D eigenvalue weighted by Gasteiger charge is 2.24. The molecule has 136 valence electrons. The lowest BCUT2D eigenvalue weighted by atomic mass is 10.1. The quantitative estimate of drug-likeness (QED) is 0.724. The number of carbonyl (C=O) groups is 1. The van der Waals surface area contributed by atoms with Crippen LogP contribution in [0.25, 0.3) is 22.6 Å². The maximum absolute atomic E-state index is 13.0. The van der Waals surface area contributed by atoms with E-state index in [4.69, 9.17) is 9.15 Å². The predicted octanol–water partition coefficient (Wildman–Crippen LogP) is 4.85. The number of amides is 1. The highest BCUT2D eigenvalue weighted by atomic mass is 16.5. The third-order valence-electron chi connectivity index (χ3n) is 4.58. The van der Waals surface area contributed by atoms with E-state index >= 15 is 0 Å². The molecule has 0 spiro atoms. The van der Waals surface area contributed by atoms with Gasteiger partial charge in [0.15, 0.2) is 5.43 Å². The van der Waals surface area contributed by atoms with E-state index in [-0.39, 0.29) is 12.0 Å². The molecule has 0 aliphatic heterocycles. The van der Waals surface area contributed by atoms with Crippen LogP contribution in [-0.4, -0.2) is 12.7 Å². The van der Waals surface area contributed by atoms with E-state index < -0.39 is 6.09 Å². The maximum atomic E-state index is 13.0. The van der Waals surface area contributed by atoms with Crippen LogP contribution in [0.1, 0.15) is 30.2 Å². The van der Waals surface area contributed by atoms with Crippen LogP contribution in [0.5, 0.6) is 0 Å². The molecule has 2 aromatic carbocycles. The van der Waals surface area contributed by atoms with Crippen LogP contribution in [0.3, 0.4) is 0 Å². The minimum atomic E-state index is -0.546. The fourth-order valence-corrected chi connectivity index (χ4v) is 3.34. The van der Waals surface area contributed by atoms with Crippen molar-refractivity contribution in [1.82, 2.24) is 0 Å². The minimum absolute atomic E-state index is 0.0461. The number of carbonyl (C=O) groups excluding carboxylic acids is 1. The summed E-state index contributed by atoms with van der Waals surface area (Å²) in [5.74, 6) is 0.669. The highest BCUT2D eigenvalue weighted by Crippen LogP contribution is 2.34. The van der Waals surface area contributed by atoms with Crippen molar-refractivity contribution in [3.8, 4) is 0 Å². The first-order chi connectivity index (χ1) is 13.2. The molecule has 0 fully saturated rings. The van der Waals surface area contributed by atoms with Gasteiger partial charge in [-0.15, -0.1) is 0 Å². The van der Waals surface area contributed by atoms with Gasteiger partial charge in [-0.3, -0.25) is 10.1 Å². The van der Waals surface area contributed by atoms with Gasteiger partial charge in [0, 0.05) is 11.3 Å². The van der Waals surface area contributed by atoms with Crippen molar-refractivity contribution in [2.75, 3.05) is 11.9 Å². The Kier molecular flexibility index (Phi) is 4.50. The molecular formula is C22H19NO4. The average molecular weight is 361 g/mol. The Bertz CT molecular complexity index is 1100. The molecule has 3 aromatic rings. The van der Waals surface area contributed by atoms with Crippen molar-refractivity contribution < 1.29 is 13.9 Å². The first-order valence-electron chi connectivity index (χ1n) is 8.95. The van der Waals surface area contributed by atoms with Gasteiger partial charge < -0.3 is 9.15 Å². The monoisotopic (exact) mass is 361 g/mol. The summed E-state index contributed by atoms with van der Waals surface area (Å²) in [5.41, 5.74) is 3.77. The van der Waals surface area contributed by atoms with Gasteiger partial charge in [0.1, 0.15) is 11.3 Å². The van der Waals surface area contributed by atoms with E-state index in [0.29, 0.717) is 34.4 Å². The van der Waals surface area contributed by atoms with E-state index in [2.05, 4.69) is 11.4 Å². The second-order valence-electron chi connectivity index (χ2n) is 6.38. The second-order valence-corrected chi connectivity index (χ2v) is 6.38. The lowest BCUT2D eigenvalue weighted by Crippen LogP contribution is -2.14. The van der Waals surface area contributed by atoms with Gasteiger partial charge >= 0.3 is 6.09 Å². The molecule has 1 aliphatic carbocycles. The number of hydrogen-bond donors (Lipinski definition) is 1. The summed E-state index contributed by atoms with van der Waals surface area (Å²) in [6.45, 7) is 2.02. The third-order valence-corrected chi connectivity index (χ3v) is 4.58. The van der Waals surface area contributed by atoms with Crippen LogP contribution >= 0.6 is 0 Å². The van der Waals surface area contributed by atoms with Crippen LogP contribution in [0.15, 0.2) is 57.7 Å². The second kappa shape index (κ2) is 7.11. The first kappa shape index (κ1) is 17.1. The molecule has 1 aromatic heterocycles. The van der Waals surface area contributed by atoms with Crippen LogP contribution in [0.4, 0.5) is 10.5 Å². The summed E-state index contributed by atoms with van der Waals surface area (Å²) >= 11 is 0. The molecule has 0 atom stereocenters. The van der Waals surface area contributed by atoms with Gasteiger partial charge in [-0.05, 0) is 55.2 Å². The van der Waals surface area contributed by atoms with Crippen molar-refractivity contribution in [3.05, 3.63) is 75.6 Å². The third kappa shape index (κ3) is 3.36.